The zero-order valence-electron chi connectivity index (χ0n) is 30.9. The molecule has 2 heteroatoms. The molecule has 0 saturated heterocycles. The maximum absolute atomic E-state index is 4.67. The fourth-order valence-electron chi connectivity index (χ4n) is 11.2. The van der Waals surface area contributed by atoms with Crippen molar-refractivity contribution in [3.05, 3.63) is 245 Å². The molecule has 0 bridgehead atoms. The van der Waals surface area contributed by atoms with E-state index >= 15 is 0 Å². The quantitative estimate of drug-likeness (QED) is 0.172. The number of nitrogens with zero attached hydrogens (tertiary/aromatic N) is 1. The van der Waals surface area contributed by atoms with Gasteiger partial charge in [0.1, 0.15) is 0 Å². The van der Waals surface area contributed by atoms with Crippen molar-refractivity contribution in [3.63, 3.8) is 0 Å². The minimum Gasteiger partial charge on any atom is -0.256 e. The van der Waals surface area contributed by atoms with Crippen LogP contribution in [-0.4, -0.2) is 4.98 Å². The van der Waals surface area contributed by atoms with E-state index in [4.69, 9.17) is 0 Å². The Bertz CT molecular complexity index is 3200. The van der Waals surface area contributed by atoms with Gasteiger partial charge < -0.3 is 0 Å². The summed E-state index contributed by atoms with van der Waals surface area (Å²) in [4.78, 5) is 4.67. The van der Waals surface area contributed by atoms with Crippen LogP contribution >= 0.6 is 11.3 Å². The number of fused-ring (bicyclic) bond motifs is 19. The lowest BCUT2D eigenvalue weighted by Crippen LogP contribution is -2.44. The van der Waals surface area contributed by atoms with Crippen LogP contribution in [0.4, 0.5) is 0 Å². The Kier molecular flexibility index (Phi) is 6.24. The van der Waals surface area contributed by atoms with E-state index in [2.05, 4.69) is 193 Å². The van der Waals surface area contributed by atoms with E-state index in [-0.39, 0.29) is 0 Å². The van der Waals surface area contributed by atoms with Gasteiger partial charge in [-0.1, -0.05) is 164 Å². The third-order valence-corrected chi connectivity index (χ3v) is 14.4. The first kappa shape index (κ1) is 31.3. The number of thiophene rings is 1. The predicted molar refractivity (Wildman–Crippen MR) is 236 cm³/mol. The smallest absolute Gasteiger partial charge is 0.0726 e. The topological polar surface area (TPSA) is 12.9 Å². The minimum atomic E-state index is -0.594. The van der Waals surface area contributed by atoms with Crippen molar-refractivity contribution in [1.29, 1.82) is 0 Å². The number of hydrogen-bond acceptors (Lipinski definition) is 2. The number of aromatic nitrogens is 1. The highest BCUT2D eigenvalue weighted by Crippen LogP contribution is 2.68. The molecule has 0 atom stereocenters. The zero-order chi connectivity index (χ0) is 37.3. The van der Waals surface area contributed by atoms with Gasteiger partial charge in [0.15, 0.2) is 0 Å². The van der Waals surface area contributed by atoms with Gasteiger partial charge in [0.25, 0.3) is 0 Å². The summed E-state index contributed by atoms with van der Waals surface area (Å²) < 4.78 is 2.66. The monoisotopic (exact) mass is 739 g/mol. The number of rotatable bonds is 2. The molecule has 13 rings (SSSR count). The van der Waals surface area contributed by atoms with Crippen molar-refractivity contribution in [3.8, 4) is 44.6 Å². The van der Waals surface area contributed by atoms with Crippen LogP contribution in [0.1, 0.15) is 44.5 Å². The summed E-state index contributed by atoms with van der Waals surface area (Å²) >= 11 is 1.90. The fraction of sp³-hybridized carbons (Fsp3) is 0.0364. The molecule has 0 unspecified atom stereocenters. The lowest BCUT2D eigenvalue weighted by Gasteiger charge is -2.49. The molecule has 2 aromatic heterocycles. The van der Waals surface area contributed by atoms with Crippen molar-refractivity contribution < 1.29 is 0 Å². The molecule has 3 aliphatic rings. The van der Waals surface area contributed by atoms with Crippen LogP contribution in [0.15, 0.2) is 200 Å². The summed E-state index contributed by atoms with van der Waals surface area (Å²) in [6.07, 6.45) is 1.87. The normalized spacial score (nSPS) is 14.6. The molecule has 8 aromatic carbocycles. The van der Waals surface area contributed by atoms with Gasteiger partial charge in [-0.15, -0.1) is 11.3 Å². The van der Waals surface area contributed by atoms with E-state index in [0.717, 1.165) is 11.3 Å². The Hall–Kier alpha value is -6.87. The van der Waals surface area contributed by atoms with Crippen molar-refractivity contribution in [1.82, 2.24) is 4.98 Å². The standard InChI is InChI=1S/C55H33NS/c1-4-19-43-37(14-1)38-15-2-5-20-44(38)54(43)45-21-6-8-23-47(45)55(48-24-9-7-22-46(48)54)49-32-42-39-16-3-10-26-51(39)57-52(42)33-41(49)40-18-13-17-36(53(40)55)34-27-29-35(30-28-34)50-25-11-12-31-56-50/h1-33H. The zero-order valence-corrected chi connectivity index (χ0v) is 31.7. The molecule has 264 valence electrons. The number of hydrogen-bond donors (Lipinski definition) is 0. The Labute approximate surface area is 335 Å². The summed E-state index contributed by atoms with van der Waals surface area (Å²) in [5.41, 5.74) is 19.6. The molecule has 57 heavy (non-hydrogen) atoms. The second kappa shape index (κ2) is 11.4. The maximum Gasteiger partial charge on any atom is 0.0726 e. The van der Waals surface area contributed by atoms with E-state index in [0.29, 0.717) is 0 Å². The summed E-state index contributed by atoms with van der Waals surface area (Å²) in [7, 11) is 0. The van der Waals surface area contributed by atoms with E-state index in [9.17, 15) is 0 Å². The maximum atomic E-state index is 4.67. The molecule has 2 heterocycles. The fourth-order valence-corrected chi connectivity index (χ4v) is 12.3. The first-order chi connectivity index (χ1) is 28.3. The largest absolute Gasteiger partial charge is 0.256 e. The van der Waals surface area contributed by atoms with E-state index in [1.165, 1.54) is 98.1 Å². The Morgan fingerprint density at radius 3 is 1.54 bits per heavy atom. The molecule has 1 nitrogen and oxygen atoms in total. The first-order valence-electron chi connectivity index (χ1n) is 19.8. The molecule has 0 radical (unpaired) electrons. The summed E-state index contributed by atoms with van der Waals surface area (Å²) in [5, 5.41) is 2.65. The number of benzene rings is 8. The molecule has 0 fully saturated rings. The van der Waals surface area contributed by atoms with E-state index < -0.39 is 10.8 Å². The average Bonchev–Trinajstić information content (AvgIpc) is 3.90. The van der Waals surface area contributed by atoms with Crippen LogP contribution < -0.4 is 0 Å². The van der Waals surface area contributed by atoms with Crippen LogP contribution in [0.5, 0.6) is 0 Å². The van der Waals surface area contributed by atoms with Crippen molar-refractivity contribution in [2.24, 2.45) is 0 Å². The third-order valence-electron chi connectivity index (χ3n) is 13.2. The highest BCUT2D eigenvalue weighted by Gasteiger charge is 2.59. The molecule has 0 saturated carbocycles. The lowest BCUT2D eigenvalue weighted by molar-refractivity contribution is 0.634. The first-order valence-corrected chi connectivity index (χ1v) is 20.6. The van der Waals surface area contributed by atoms with Crippen LogP contribution in [-0.2, 0) is 10.8 Å². The molecule has 3 aliphatic carbocycles. The van der Waals surface area contributed by atoms with Crippen LogP contribution in [0, 0.1) is 0 Å². The summed E-state index contributed by atoms with van der Waals surface area (Å²) in [5.74, 6) is 0. The lowest BCUT2D eigenvalue weighted by atomic mass is 9.52. The summed E-state index contributed by atoms with van der Waals surface area (Å²) in [6, 6.07) is 73.3. The van der Waals surface area contributed by atoms with E-state index in [1.807, 2.05) is 23.6 Å². The number of pyridine rings is 1. The summed E-state index contributed by atoms with van der Waals surface area (Å²) in [6.45, 7) is 0. The van der Waals surface area contributed by atoms with E-state index in [1.54, 1.807) is 0 Å². The highest BCUT2D eigenvalue weighted by molar-refractivity contribution is 7.25. The van der Waals surface area contributed by atoms with Gasteiger partial charge >= 0.3 is 0 Å². The van der Waals surface area contributed by atoms with Gasteiger partial charge in [0, 0.05) is 31.9 Å². The SMILES string of the molecule is c1ccc(-c2ccc(-c3cccc4c3C3(c5cc6c(cc5-4)sc4ccccc46)c4ccccc4C4(c5ccccc5-c5ccccc54)c4ccccc43)cc2)nc1. The van der Waals surface area contributed by atoms with Gasteiger partial charge in [0.05, 0.1) is 16.5 Å². The van der Waals surface area contributed by atoms with Gasteiger partial charge in [-0.25, -0.2) is 0 Å². The molecule has 2 spiro atoms. The molecule has 0 N–H and O–H groups in total. The predicted octanol–water partition coefficient (Wildman–Crippen LogP) is 13.8. The van der Waals surface area contributed by atoms with Gasteiger partial charge in [-0.3, -0.25) is 4.98 Å². The molecule has 0 amide bonds. The van der Waals surface area contributed by atoms with Crippen LogP contribution in [0.25, 0.3) is 64.8 Å². The van der Waals surface area contributed by atoms with Crippen molar-refractivity contribution in [2.75, 3.05) is 0 Å². The highest BCUT2D eigenvalue weighted by atomic mass is 32.1. The van der Waals surface area contributed by atoms with Crippen molar-refractivity contribution >= 4 is 31.5 Å². The van der Waals surface area contributed by atoms with Crippen molar-refractivity contribution in [2.45, 2.75) is 10.8 Å². The molecule has 0 aliphatic heterocycles. The molecular weight excluding hydrogens is 707 g/mol. The van der Waals surface area contributed by atoms with Crippen LogP contribution in [0.3, 0.4) is 0 Å². The molecule has 10 aromatic rings. The Morgan fingerprint density at radius 1 is 0.333 bits per heavy atom. The third kappa shape index (κ3) is 3.86. The average molecular weight is 740 g/mol. The molecular formula is C55H33NS. The minimum absolute atomic E-state index is 0.479. The van der Waals surface area contributed by atoms with Gasteiger partial charge in [0.2, 0.25) is 0 Å². The second-order valence-corrected chi connectivity index (χ2v) is 16.8. The Morgan fingerprint density at radius 2 is 0.877 bits per heavy atom. The van der Waals surface area contributed by atoms with Crippen LogP contribution in [0.2, 0.25) is 0 Å². The second-order valence-electron chi connectivity index (χ2n) is 15.7. The van der Waals surface area contributed by atoms with Gasteiger partial charge in [-0.2, -0.15) is 0 Å². The van der Waals surface area contributed by atoms with Gasteiger partial charge in [-0.05, 0) is 108 Å². The Balaban J connectivity index is 1.19.